The van der Waals surface area contributed by atoms with Crippen molar-refractivity contribution in [1.82, 2.24) is 0 Å². The van der Waals surface area contributed by atoms with Gasteiger partial charge in [-0.05, 0) is 48.3 Å². The molecular formula is C16H25N. The van der Waals surface area contributed by atoms with Crippen molar-refractivity contribution in [2.75, 3.05) is 5.32 Å². The summed E-state index contributed by atoms with van der Waals surface area (Å²) in [5.74, 6) is 0. The molecule has 2 rings (SSSR count). The van der Waals surface area contributed by atoms with Crippen molar-refractivity contribution in [1.29, 1.82) is 0 Å². The van der Waals surface area contributed by atoms with Crippen LogP contribution < -0.4 is 5.32 Å². The molecule has 0 aliphatic heterocycles. The Kier molecular flexibility index (Phi) is 2.97. The Morgan fingerprint density at radius 2 is 1.65 bits per heavy atom. The molecule has 1 N–H and O–H groups in total. The first-order valence-corrected chi connectivity index (χ1v) is 6.68. The third-order valence-corrected chi connectivity index (χ3v) is 4.22. The van der Waals surface area contributed by atoms with Crippen molar-refractivity contribution < 1.29 is 0 Å². The van der Waals surface area contributed by atoms with E-state index in [-0.39, 0.29) is 5.41 Å². The first kappa shape index (κ1) is 12.5. The second kappa shape index (κ2) is 4.04. The summed E-state index contributed by atoms with van der Waals surface area (Å²) < 4.78 is 0. The van der Waals surface area contributed by atoms with Crippen LogP contribution in [0.25, 0.3) is 0 Å². The average Bonchev–Trinajstić information content (AvgIpc) is 2.97. The van der Waals surface area contributed by atoms with Gasteiger partial charge in [0.25, 0.3) is 0 Å². The van der Waals surface area contributed by atoms with Gasteiger partial charge < -0.3 is 5.32 Å². The lowest BCUT2D eigenvalue weighted by molar-refractivity contribution is 0.493. The van der Waals surface area contributed by atoms with Crippen molar-refractivity contribution in [3.8, 4) is 0 Å². The van der Waals surface area contributed by atoms with Crippen molar-refractivity contribution >= 4 is 5.69 Å². The van der Waals surface area contributed by atoms with Gasteiger partial charge in [-0.1, -0.05) is 39.8 Å². The van der Waals surface area contributed by atoms with E-state index >= 15 is 0 Å². The normalized spacial score (nSPS) is 19.8. The van der Waals surface area contributed by atoms with Crippen molar-refractivity contribution in [3.05, 3.63) is 29.8 Å². The molecule has 1 unspecified atom stereocenters. The molecule has 0 spiro atoms. The number of rotatable bonds is 3. The number of anilines is 1. The third-order valence-electron chi connectivity index (χ3n) is 4.22. The van der Waals surface area contributed by atoms with E-state index in [4.69, 9.17) is 0 Å². The molecule has 17 heavy (non-hydrogen) atoms. The monoisotopic (exact) mass is 231 g/mol. The van der Waals surface area contributed by atoms with E-state index in [2.05, 4.69) is 64.2 Å². The number of hydrogen-bond donors (Lipinski definition) is 1. The lowest BCUT2D eigenvalue weighted by Gasteiger charge is -2.23. The predicted molar refractivity (Wildman–Crippen MR) is 75.6 cm³/mol. The van der Waals surface area contributed by atoms with E-state index in [9.17, 15) is 0 Å². The highest BCUT2D eigenvalue weighted by molar-refractivity contribution is 5.47. The second-order valence-corrected chi connectivity index (χ2v) is 6.85. The molecule has 1 aliphatic rings. The van der Waals surface area contributed by atoms with Gasteiger partial charge in [0, 0.05) is 11.7 Å². The van der Waals surface area contributed by atoms with Gasteiger partial charge in [-0.15, -0.1) is 0 Å². The Hall–Kier alpha value is -0.980. The first-order chi connectivity index (χ1) is 7.81. The van der Waals surface area contributed by atoms with Crippen LogP contribution in [0.3, 0.4) is 0 Å². The molecule has 0 bridgehead atoms. The molecule has 1 aromatic rings. The SMILES string of the molecule is CC(Nc1ccc(C(C)(C)C)cc1)C1(C)CC1. The highest BCUT2D eigenvalue weighted by Crippen LogP contribution is 2.48. The maximum atomic E-state index is 3.62. The lowest BCUT2D eigenvalue weighted by Crippen LogP contribution is -2.24. The fourth-order valence-electron chi connectivity index (χ4n) is 2.12. The van der Waals surface area contributed by atoms with E-state index in [0.717, 1.165) is 0 Å². The Morgan fingerprint density at radius 1 is 1.12 bits per heavy atom. The zero-order valence-corrected chi connectivity index (χ0v) is 11.8. The summed E-state index contributed by atoms with van der Waals surface area (Å²) in [7, 11) is 0. The Balaban J connectivity index is 2.03. The molecule has 0 amide bonds. The molecule has 1 nitrogen and oxygen atoms in total. The van der Waals surface area contributed by atoms with Crippen molar-refractivity contribution in [2.24, 2.45) is 5.41 Å². The zero-order valence-electron chi connectivity index (χ0n) is 11.8. The summed E-state index contributed by atoms with van der Waals surface area (Å²) in [6.45, 7) is 11.4. The summed E-state index contributed by atoms with van der Waals surface area (Å²) in [4.78, 5) is 0. The molecule has 0 heterocycles. The summed E-state index contributed by atoms with van der Waals surface area (Å²) >= 11 is 0. The average molecular weight is 231 g/mol. The Labute approximate surface area is 106 Å². The van der Waals surface area contributed by atoms with Gasteiger partial charge in [0.05, 0.1) is 0 Å². The number of benzene rings is 1. The summed E-state index contributed by atoms with van der Waals surface area (Å²) in [5, 5.41) is 3.62. The molecule has 0 radical (unpaired) electrons. The van der Waals surface area contributed by atoms with Crippen LogP contribution in [0, 0.1) is 5.41 Å². The minimum atomic E-state index is 0.243. The minimum absolute atomic E-state index is 0.243. The van der Waals surface area contributed by atoms with Gasteiger partial charge >= 0.3 is 0 Å². The Bertz CT molecular complexity index is 379. The third kappa shape index (κ3) is 2.83. The molecule has 94 valence electrons. The fourth-order valence-corrected chi connectivity index (χ4v) is 2.12. The van der Waals surface area contributed by atoms with E-state index in [1.54, 1.807) is 0 Å². The molecular weight excluding hydrogens is 206 g/mol. The largest absolute Gasteiger partial charge is 0.382 e. The lowest BCUT2D eigenvalue weighted by atomic mass is 9.87. The first-order valence-electron chi connectivity index (χ1n) is 6.68. The summed E-state index contributed by atoms with van der Waals surface area (Å²) in [6.07, 6.45) is 2.72. The molecule has 1 saturated carbocycles. The van der Waals surface area contributed by atoms with Crippen LogP contribution in [0.1, 0.15) is 53.0 Å². The van der Waals surface area contributed by atoms with Crippen LogP contribution in [-0.2, 0) is 5.41 Å². The van der Waals surface area contributed by atoms with Gasteiger partial charge in [0.1, 0.15) is 0 Å². The van der Waals surface area contributed by atoms with Gasteiger partial charge in [0.15, 0.2) is 0 Å². The second-order valence-electron chi connectivity index (χ2n) is 6.85. The maximum absolute atomic E-state index is 3.62. The fraction of sp³-hybridized carbons (Fsp3) is 0.625. The van der Waals surface area contributed by atoms with Gasteiger partial charge in [-0.25, -0.2) is 0 Å². The van der Waals surface area contributed by atoms with E-state index < -0.39 is 0 Å². The quantitative estimate of drug-likeness (QED) is 0.802. The number of hydrogen-bond acceptors (Lipinski definition) is 1. The van der Waals surface area contributed by atoms with E-state index in [1.807, 2.05) is 0 Å². The summed E-state index contributed by atoms with van der Waals surface area (Å²) in [5.41, 5.74) is 3.42. The van der Waals surface area contributed by atoms with Crippen LogP contribution >= 0.6 is 0 Å². The van der Waals surface area contributed by atoms with Gasteiger partial charge in [-0.2, -0.15) is 0 Å². The van der Waals surface area contributed by atoms with Crippen LogP contribution in [0.2, 0.25) is 0 Å². The molecule has 0 saturated heterocycles. The maximum Gasteiger partial charge on any atom is 0.0342 e. The van der Waals surface area contributed by atoms with E-state index in [1.165, 1.54) is 24.1 Å². The van der Waals surface area contributed by atoms with Crippen molar-refractivity contribution in [3.63, 3.8) is 0 Å². The molecule has 1 atom stereocenters. The van der Waals surface area contributed by atoms with Crippen LogP contribution in [0.5, 0.6) is 0 Å². The molecule has 1 fully saturated rings. The molecule has 0 aromatic heterocycles. The van der Waals surface area contributed by atoms with E-state index in [0.29, 0.717) is 11.5 Å². The molecule has 1 aliphatic carbocycles. The van der Waals surface area contributed by atoms with Crippen molar-refractivity contribution in [2.45, 2.75) is 58.9 Å². The highest BCUT2D eigenvalue weighted by atomic mass is 14.9. The minimum Gasteiger partial charge on any atom is -0.382 e. The Morgan fingerprint density at radius 3 is 2.06 bits per heavy atom. The van der Waals surface area contributed by atoms with Crippen LogP contribution in [0.4, 0.5) is 5.69 Å². The van der Waals surface area contributed by atoms with Crippen LogP contribution in [-0.4, -0.2) is 6.04 Å². The smallest absolute Gasteiger partial charge is 0.0342 e. The predicted octanol–water partition coefficient (Wildman–Crippen LogP) is 4.58. The van der Waals surface area contributed by atoms with Gasteiger partial charge in [-0.3, -0.25) is 0 Å². The van der Waals surface area contributed by atoms with Gasteiger partial charge in [0.2, 0.25) is 0 Å². The van der Waals surface area contributed by atoms with Crippen LogP contribution in [0.15, 0.2) is 24.3 Å². The molecule has 1 heteroatoms. The standard InChI is InChI=1S/C16H25N/c1-12(16(5)10-11-16)17-14-8-6-13(7-9-14)15(2,3)4/h6-9,12,17H,10-11H2,1-5H3. The topological polar surface area (TPSA) is 12.0 Å². The number of nitrogens with one attached hydrogen (secondary N) is 1. The zero-order chi connectivity index (χ0) is 12.7. The molecule has 1 aromatic carbocycles. The highest BCUT2D eigenvalue weighted by Gasteiger charge is 2.42. The summed E-state index contributed by atoms with van der Waals surface area (Å²) in [6, 6.07) is 9.48.